The predicted molar refractivity (Wildman–Crippen MR) is 141 cm³/mol. The molecule has 2 aromatic carbocycles. The molecule has 0 radical (unpaired) electrons. The minimum atomic E-state index is -2.89. The van der Waals surface area contributed by atoms with Crippen LogP contribution in [0.3, 0.4) is 0 Å². The third-order valence-electron chi connectivity index (χ3n) is 6.72. The summed E-state index contributed by atoms with van der Waals surface area (Å²) in [5.74, 6) is -2.39. The molecule has 0 fully saturated rings. The monoisotopic (exact) mass is 516 g/mol. The van der Waals surface area contributed by atoms with Crippen LogP contribution in [0.4, 0.5) is 13.2 Å². The van der Waals surface area contributed by atoms with Crippen molar-refractivity contribution in [3.63, 3.8) is 0 Å². The topological polar surface area (TPSA) is 67.1 Å². The highest BCUT2D eigenvalue weighted by atomic mass is 19.3. The molecule has 194 valence electrons. The van der Waals surface area contributed by atoms with Crippen LogP contribution >= 0.6 is 0 Å². The summed E-state index contributed by atoms with van der Waals surface area (Å²) in [7, 11) is 0. The van der Waals surface area contributed by atoms with Crippen LogP contribution in [0.15, 0.2) is 70.7 Å². The first-order chi connectivity index (χ1) is 18.2. The van der Waals surface area contributed by atoms with E-state index in [4.69, 9.17) is 14.5 Å². The van der Waals surface area contributed by atoms with Crippen molar-refractivity contribution in [2.45, 2.75) is 32.1 Å². The Labute approximate surface area is 217 Å². The number of benzene rings is 2. The number of nitrogens with one attached hydrogen (secondary N) is 1. The van der Waals surface area contributed by atoms with Gasteiger partial charge in [0.15, 0.2) is 0 Å². The molecule has 1 N–H and O–H groups in total. The number of H-pyrrole nitrogens is 1. The minimum absolute atomic E-state index is 0.0446. The maximum Gasteiger partial charge on any atom is 0.270 e. The molecule has 0 saturated heterocycles. The average molecular weight is 517 g/mol. The van der Waals surface area contributed by atoms with Crippen LogP contribution in [-0.2, 0) is 12.3 Å². The number of rotatable bonds is 5. The fourth-order valence-electron chi connectivity index (χ4n) is 4.59. The molecule has 0 aliphatic carbocycles. The summed E-state index contributed by atoms with van der Waals surface area (Å²) < 4.78 is 46.7. The molecule has 1 aliphatic rings. The number of aromatic nitrogens is 3. The maximum atomic E-state index is 14.1. The fourth-order valence-corrected chi connectivity index (χ4v) is 4.59. The fraction of sp³-hybridized carbons (Fsp3) is 0.233. The van der Waals surface area contributed by atoms with Gasteiger partial charge in [-0.2, -0.15) is 0 Å². The number of hydrogen-bond acceptors (Lipinski definition) is 4. The number of alkyl halides is 2. The zero-order valence-electron chi connectivity index (χ0n) is 21.0. The van der Waals surface area contributed by atoms with Gasteiger partial charge >= 0.3 is 0 Å². The smallest absolute Gasteiger partial charge is 0.270 e. The van der Waals surface area contributed by atoms with Gasteiger partial charge in [0.05, 0.1) is 11.1 Å². The molecule has 4 aromatic rings. The second-order valence-electron chi connectivity index (χ2n) is 9.54. The highest BCUT2D eigenvalue weighted by Gasteiger charge is 2.24. The first-order valence-corrected chi connectivity index (χ1v) is 12.4. The number of fused-ring (bicyclic) bond motifs is 1. The molecule has 1 aliphatic heterocycles. The summed E-state index contributed by atoms with van der Waals surface area (Å²) >= 11 is 0. The van der Waals surface area contributed by atoms with Crippen molar-refractivity contribution >= 4 is 18.4 Å². The van der Waals surface area contributed by atoms with Crippen LogP contribution in [0.2, 0.25) is 0 Å². The predicted octanol–water partition coefficient (Wildman–Crippen LogP) is 5.42. The number of aromatic amines is 1. The Kier molecular flexibility index (Phi) is 6.89. The van der Waals surface area contributed by atoms with Gasteiger partial charge in [-0.3, -0.25) is 4.99 Å². The van der Waals surface area contributed by atoms with E-state index in [-0.39, 0.29) is 22.5 Å². The van der Waals surface area contributed by atoms with Crippen molar-refractivity contribution in [3.8, 4) is 11.3 Å². The summed E-state index contributed by atoms with van der Waals surface area (Å²) in [6, 6.07) is 12.7. The lowest BCUT2D eigenvalue weighted by molar-refractivity contribution is 0.0175. The summed E-state index contributed by atoms with van der Waals surface area (Å²) in [5, 5.41) is 5.84. The third-order valence-corrected chi connectivity index (χ3v) is 6.72. The Morgan fingerprint density at radius 3 is 2.71 bits per heavy atom. The molecule has 0 saturated carbocycles. The average Bonchev–Trinajstić information content (AvgIpc) is 3.53. The van der Waals surface area contributed by atoms with Gasteiger partial charge in [-0.25, -0.2) is 18.2 Å². The van der Waals surface area contributed by atoms with Crippen molar-refractivity contribution in [1.82, 2.24) is 15.1 Å². The number of aliphatic imine (C=N–C) groups is 1. The molecule has 0 spiro atoms. The van der Waals surface area contributed by atoms with Crippen molar-refractivity contribution in [1.29, 1.82) is 0 Å². The van der Waals surface area contributed by atoms with Crippen LogP contribution in [-0.4, -0.2) is 27.4 Å². The Bertz CT molecular complexity index is 1710. The third kappa shape index (κ3) is 5.25. The van der Waals surface area contributed by atoms with Crippen molar-refractivity contribution in [2.24, 2.45) is 10.9 Å². The van der Waals surface area contributed by atoms with Gasteiger partial charge in [-0.05, 0) is 30.9 Å². The molecular weight excluding hydrogens is 489 g/mol. The molecule has 5 rings (SSSR count). The van der Waals surface area contributed by atoms with Crippen LogP contribution in [0, 0.1) is 22.4 Å². The molecule has 38 heavy (non-hydrogen) atoms. The van der Waals surface area contributed by atoms with E-state index in [1.165, 1.54) is 18.2 Å². The van der Waals surface area contributed by atoms with Gasteiger partial charge in [-0.1, -0.05) is 60.8 Å². The molecular formula is C30H27F3N4O. The standard InChI is InChI=1S/C30H27F3N4O/c1-4-25-28-26(35-29(36-28)23-8-6-9-24(31)18(23)2)10-5-7-19(17-34-25)15-22-16-27(37-38-22)20-11-13-21(14-12-20)30(3,32)33/h4,6,8-14,16,19,35H,1-2,5,7,15,17H2,3H3/b26-10+,29-23+,34-25?. The van der Waals surface area contributed by atoms with Gasteiger partial charge in [0, 0.05) is 47.5 Å². The number of imidazole rings is 1. The van der Waals surface area contributed by atoms with Gasteiger partial charge < -0.3 is 9.51 Å². The van der Waals surface area contributed by atoms with Crippen molar-refractivity contribution < 1.29 is 17.7 Å². The van der Waals surface area contributed by atoms with Crippen LogP contribution in [0.1, 0.15) is 36.8 Å². The highest BCUT2D eigenvalue weighted by molar-refractivity contribution is 6.07. The molecule has 1 unspecified atom stereocenters. The first-order valence-electron chi connectivity index (χ1n) is 12.4. The molecule has 1 atom stereocenters. The Morgan fingerprint density at radius 1 is 1.18 bits per heavy atom. The van der Waals surface area contributed by atoms with E-state index >= 15 is 0 Å². The largest absolute Gasteiger partial charge is 0.361 e. The lowest BCUT2D eigenvalue weighted by Gasteiger charge is -2.11. The maximum absolute atomic E-state index is 14.1. The number of halogens is 3. The summed E-state index contributed by atoms with van der Waals surface area (Å²) in [5.41, 5.74) is 3.13. The van der Waals surface area contributed by atoms with E-state index in [9.17, 15) is 13.2 Å². The van der Waals surface area contributed by atoms with E-state index in [1.54, 1.807) is 30.3 Å². The zero-order valence-corrected chi connectivity index (χ0v) is 21.0. The van der Waals surface area contributed by atoms with Crippen LogP contribution < -0.4 is 10.6 Å². The van der Waals surface area contributed by atoms with Gasteiger partial charge in [0.1, 0.15) is 28.4 Å². The number of nitrogens with zero attached hydrogens (tertiary/aromatic N) is 3. The SMILES string of the molecule is C=CC1=NCC(Cc2cc(-c3ccc(C(C)(F)F)cc3)no2)CC/C=c2/[nH]/c(=c3/cccc(F)c3=C)nc21. The van der Waals surface area contributed by atoms with Crippen LogP contribution in [0.25, 0.3) is 23.9 Å². The normalized spacial score (nSPS) is 17.8. The molecule has 0 bridgehead atoms. The zero-order chi connectivity index (χ0) is 26.9. The Balaban J connectivity index is 1.38. The lowest BCUT2D eigenvalue weighted by Crippen LogP contribution is -2.14. The van der Waals surface area contributed by atoms with E-state index in [0.717, 1.165) is 25.1 Å². The summed E-state index contributed by atoms with van der Waals surface area (Å²) in [4.78, 5) is 12.8. The summed E-state index contributed by atoms with van der Waals surface area (Å²) in [6.45, 7) is 9.17. The van der Waals surface area contributed by atoms with Gasteiger partial charge in [0.2, 0.25) is 0 Å². The van der Waals surface area contributed by atoms with E-state index in [2.05, 4.69) is 29.4 Å². The molecule has 5 nitrogen and oxygen atoms in total. The van der Waals surface area contributed by atoms with E-state index in [0.29, 0.717) is 52.1 Å². The highest BCUT2D eigenvalue weighted by Crippen LogP contribution is 2.29. The van der Waals surface area contributed by atoms with Crippen molar-refractivity contribution in [2.75, 3.05) is 6.54 Å². The second-order valence-corrected chi connectivity index (χ2v) is 9.54. The number of hydrogen-bond donors (Lipinski definition) is 1. The minimum Gasteiger partial charge on any atom is -0.361 e. The molecule has 3 heterocycles. The lowest BCUT2D eigenvalue weighted by atomic mass is 9.97. The quantitative estimate of drug-likeness (QED) is 0.385. The van der Waals surface area contributed by atoms with Crippen molar-refractivity contribution in [3.05, 3.63) is 105 Å². The Hall–Kier alpha value is -4.20. The van der Waals surface area contributed by atoms with Crippen LogP contribution in [0.5, 0.6) is 0 Å². The van der Waals surface area contributed by atoms with Gasteiger partial charge in [0.25, 0.3) is 5.92 Å². The number of allylic oxidation sites excluding steroid dienone is 1. The summed E-state index contributed by atoms with van der Waals surface area (Å²) in [6.07, 6.45) is 5.99. The second kappa shape index (κ2) is 10.3. The van der Waals surface area contributed by atoms with Gasteiger partial charge in [-0.15, -0.1) is 0 Å². The van der Waals surface area contributed by atoms with E-state index in [1.807, 2.05) is 6.07 Å². The molecule has 0 amide bonds. The molecule has 2 aromatic heterocycles. The first kappa shape index (κ1) is 25.4. The van der Waals surface area contributed by atoms with E-state index < -0.39 is 5.92 Å². The Morgan fingerprint density at radius 2 is 1.97 bits per heavy atom. The molecule has 8 heteroatoms.